The molecule has 0 atom stereocenters. The van der Waals surface area contributed by atoms with E-state index in [0.29, 0.717) is 10.1 Å². The Morgan fingerprint density at radius 2 is 1.96 bits per heavy atom. The molecule has 122 valence electrons. The van der Waals surface area contributed by atoms with Gasteiger partial charge in [0.05, 0.1) is 6.54 Å². The molecule has 23 heavy (non-hydrogen) atoms. The van der Waals surface area contributed by atoms with Gasteiger partial charge < -0.3 is 4.90 Å². The number of hydrogen-bond acceptors (Lipinski definition) is 4. The molecule has 5 nitrogen and oxygen atoms in total. The molecule has 0 spiro atoms. The van der Waals surface area contributed by atoms with Gasteiger partial charge >= 0.3 is 6.03 Å². The number of nitrogens with one attached hydrogen (secondary N) is 1. The van der Waals surface area contributed by atoms with Gasteiger partial charge in [0.25, 0.3) is 5.92 Å². The molecule has 3 rings (SSSR count). The Hall–Kier alpha value is -2.09. The summed E-state index contributed by atoms with van der Waals surface area (Å²) in [6.45, 7) is 3.48. The summed E-state index contributed by atoms with van der Waals surface area (Å²) in [5.74, 6) is -2.80. The van der Waals surface area contributed by atoms with Crippen molar-refractivity contribution >= 4 is 22.5 Å². The number of amides is 2. The van der Waals surface area contributed by atoms with Crippen molar-refractivity contribution < 1.29 is 13.6 Å². The molecule has 1 saturated heterocycles. The van der Waals surface area contributed by atoms with Crippen LogP contribution in [0.3, 0.4) is 0 Å². The molecule has 1 fully saturated rings. The van der Waals surface area contributed by atoms with Gasteiger partial charge in [-0.1, -0.05) is 28.5 Å². The van der Waals surface area contributed by atoms with Crippen LogP contribution in [0.2, 0.25) is 0 Å². The average Bonchev–Trinajstić information content (AvgIpc) is 3.04. The van der Waals surface area contributed by atoms with Crippen LogP contribution < -0.4 is 5.32 Å². The van der Waals surface area contributed by atoms with Gasteiger partial charge in [-0.2, -0.15) is 0 Å². The number of carbonyl (C=O) groups is 1. The van der Waals surface area contributed by atoms with Crippen molar-refractivity contribution in [2.24, 2.45) is 0 Å². The van der Waals surface area contributed by atoms with Crippen LogP contribution in [0.15, 0.2) is 18.2 Å². The van der Waals surface area contributed by atoms with Crippen LogP contribution in [-0.2, 0) is 0 Å². The molecule has 2 heterocycles. The monoisotopic (exact) mass is 338 g/mol. The first kappa shape index (κ1) is 15.8. The lowest BCUT2D eigenvalue weighted by Gasteiger charge is -2.15. The van der Waals surface area contributed by atoms with Crippen LogP contribution in [0.25, 0.3) is 10.6 Å². The number of alkyl halides is 2. The second kappa shape index (κ2) is 5.84. The minimum atomic E-state index is -2.80. The maximum atomic E-state index is 13.1. The lowest BCUT2D eigenvalue weighted by molar-refractivity contribution is 0.0159. The fourth-order valence-corrected chi connectivity index (χ4v) is 3.29. The van der Waals surface area contributed by atoms with Crippen LogP contribution in [0.4, 0.5) is 18.7 Å². The van der Waals surface area contributed by atoms with Gasteiger partial charge in [-0.15, -0.1) is 10.2 Å². The van der Waals surface area contributed by atoms with Crippen molar-refractivity contribution in [2.75, 3.05) is 18.4 Å². The number of benzene rings is 1. The predicted octanol–water partition coefficient (Wildman–Crippen LogP) is 3.69. The molecule has 0 radical (unpaired) electrons. The second-order valence-electron chi connectivity index (χ2n) is 5.75. The normalized spacial score (nSPS) is 16.6. The largest absolute Gasteiger partial charge is 0.323 e. The third-order valence-electron chi connectivity index (χ3n) is 3.56. The first-order valence-electron chi connectivity index (χ1n) is 7.18. The molecule has 0 saturated carbocycles. The van der Waals surface area contributed by atoms with E-state index in [-0.39, 0.29) is 13.0 Å². The molecule has 1 N–H and O–H groups in total. The molecule has 1 aliphatic rings. The molecule has 1 aliphatic heterocycles. The standard InChI is InChI=1S/C15H16F2N4OS/c1-9-5-10(2)7-11(6-9)12-19-20-13(23-12)18-14(22)21-4-3-15(16,17)8-21/h5-7H,3-4,8H2,1-2H3,(H,18,20,22). The number of anilines is 1. The molecular formula is C15H16F2N4OS. The molecule has 0 bridgehead atoms. The number of urea groups is 1. The number of nitrogens with zero attached hydrogens (tertiary/aromatic N) is 3. The Morgan fingerprint density at radius 3 is 2.57 bits per heavy atom. The maximum absolute atomic E-state index is 13.1. The lowest BCUT2D eigenvalue weighted by atomic mass is 10.1. The molecule has 8 heteroatoms. The first-order chi connectivity index (χ1) is 10.8. The molecule has 2 aromatic rings. The van der Waals surface area contributed by atoms with Crippen molar-refractivity contribution in [3.8, 4) is 10.6 Å². The van der Waals surface area contributed by atoms with E-state index < -0.39 is 18.5 Å². The van der Waals surface area contributed by atoms with Gasteiger partial charge in [0.2, 0.25) is 5.13 Å². The predicted molar refractivity (Wildman–Crippen MR) is 85.0 cm³/mol. The summed E-state index contributed by atoms with van der Waals surface area (Å²) in [5, 5.41) is 11.5. The van der Waals surface area contributed by atoms with Crippen LogP contribution >= 0.6 is 11.3 Å². The molecule has 2 amide bonds. The van der Waals surface area contributed by atoms with Crippen molar-refractivity contribution in [3.05, 3.63) is 29.3 Å². The van der Waals surface area contributed by atoms with Crippen molar-refractivity contribution in [1.29, 1.82) is 0 Å². The lowest BCUT2D eigenvalue weighted by Crippen LogP contribution is -2.34. The van der Waals surface area contributed by atoms with Crippen LogP contribution in [0, 0.1) is 13.8 Å². The summed E-state index contributed by atoms with van der Waals surface area (Å²) >= 11 is 1.22. The number of hydrogen-bond donors (Lipinski definition) is 1. The maximum Gasteiger partial charge on any atom is 0.323 e. The van der Waals surface area contributed by atoms with E-state index in [0.717, 1.165) is 21.6 Å². The van der Waals surface area contributed by atoms with E-state index in [1.807, 2.05) is 26.0 Å². The van der Waals surface area contributed by atoms with E-state index in [4.69, 9.17) is 0 Å². The molecule has 1 aromatic heterocycles. The van der Waals surface area contributed by atoms with E-state index in [1.54, 1.807) is 0 Å². The first-order valence-corrected chi connectivity index (χ1v) is 8.00. The van der Waals surface area contributed by atoms with Gasteiger partial charge in [0, 0.05) is 18.5 Å². The summed E-state index contributed by atoms with van der Waals surface area (Å²) in [6.07, 6.45) is -0.301. The minimum Gasteiger partial charge on any atom is -0.318 e. The summed E-state index contributed by atoms with van der Waals surface area (Å²) in [6, 6.07) is 5.46. The topological polar surface area (TPSA) is 58.1 Å². The summed E-state index contributed by atoms with van der Waals surface area (Å²) in [7, 11) is 0. The van der Waals surface area contributed by atoms with Crippen molar-refractivity contribution in [2.45, 2.75) is 26.2 Å². The third kappa shape index (κ3) is 3.64. The second-order valence-corrected chi connectivity index (χ2v) is 6.72. The van der Waals surface area contributed by atoms with Gasteiger partial charge in [0.15, 0.2) is 0 Å². The van der Waals surface area contributed by atoms with Crippen LogP contribution in [-0.4, -0.2) is 40.1 Å². The highest BCUT2D eigenvalue weighted by atomic mass is 32.1. The number of aromatic nitrogens is 2. The fourth-order valence-electron chi connectivity index (χ4n) is 2.57. The Morgan fingerprint density at radius 1 is 1.26 bits per heavy atom. The van der Waals surface area contributed by atoms with Crippen molar-refractivity contribution in [1.82, 2.24) is 15.1 Å². The summed E-state index contributed by atoms with van der Waals surface area (Å²) < 4.78 is 26.3. The molecular weight excluding hydrogens is 322 g/mol. The van der Waals surface area contributed by atoms with Crippen LogP contribution in [0.1, 0.15) is 17.5 Å². The smallest absolute Gasteiger partial charge is 0.318 e. The zero-order chi connectivity index (χ0) is 16.6. The zero-order valence-electron chi connectivity index (χ0n) is 12.8. The minimum absolute atomic E-state index is 0.0432. The van der Waals surface area contributed by atoms with E-state index in [9.17, 15) is 13.6 Å². The molecule has 0 aliphatic carbocycles. The van der Waals surface area contributed by atoms with Gasteiger partial charge in [-0.05, 0) is 26.0 Å². The molecule has 1 aromatic carbocycles. The Labute approximate surface area is 136 Å². The highest BCUT2D eigenvalue weighted by molar-refractivity contribution is 7.18. The number of aryl methyl sites for hydroxylation is 2. The highest BCUT2D eigenvalue weighted by Gasteiger charge is 2.40. The Kier molecular flexibility index (Phi) is 4.01. The summed E-state index contributed by atoms with van der Waals surface area (Å²) in [5.41, 5.74) is 3.15. The number of carbonyl (C=O) groups excluding carboxylic acids is 1. The quantitative estimate of drug-likeness (QED) is 0.908. The number of halogens is 2. The van der Waals surface area contributed by atoms with E-state index in [2.05, 4.69) is 21.6 Å². The van der Waals surface area contributed by atoms with E-state index in [1.165, 1.54) is 11.3 Å². The Balaban J connectivity index is 1.71. The van der Waals surface area contributed by atoms with Crippen LogP contribution in [0.5, 0.6) is 0 Å². The van der Waals surface area contributed by atoms with Gasteiger partial charge in [0.1, 0.15) is 5.01 Å². The SMILES string of the molecule is Cc1cc(C)cc(-c2nnc(NC(=O)N3CCC(F)(F)C3)s2)c1. The fraction of sp³-hybridized carbons (Fsp3) is 0.400. The highest BCUT2D eigenvalue weighted by Crippen LogP contribution is 2.30. The van der Waals surface area contributed by atoms with Gasteiger partial charge in [-0.25, -0.2) is 13.6 Å². The number of rotatable bonds is 2. The Bertz CT molecular complexity index is 727. The third-order valence-corrected chi connectivity index (χ3v) is 4.45. The zero-order valence-corrected chi connectivity index (χ0v) is 13.6. The van der Waals surface area contributed by atoms with Crippen molar-refractivity contribution in [3.63, 3.8) is 0 Å². The summed E-state index contributed by atoms with van der Waals surface area (Å²) in [4.78, 5) is 13.1. The van der Waals surface area contributed by atoms with Gasteiger partial charge in [-0.3, -0.25) is 5.32 Å². The molecule has 0 unspecified atom stereocenters. The van der Waals surface area contributed by atoms with E-state index >= 15 is 0 Å². The average molecular weight is 338 g/mol. The number of likely N-dealkylation sites (tertiary alicyclic amines) is 1.